The molecule has 4 rings (SSSR count). The Morgan fingerprint density at radius 3 is 2.59 bits per heavy atom. The predicted octanol–water partition coefficient (Wildman–Crippen LogP) is 4.68. The Balaban J connectivity index is 1.45. The SMILES string of the molecule is Cc1c(CNc2ncc([N+](=O)[O-])c(NCC3CCC(CO)CC3)n2)cccc1-c1cccc(CCN)c1. The Bertz CT molecular complexity index is 1210. The van der Waals surface area contributed by atoms with Crippen molar-refractivity contribution in [1.82, 2.24) is 9.97 Å². The van der Waals surface area contributed by atoms with E-state index in [0.29, 0.717) is 37.4 Å². The number of nitrogens with zero attached hydrogens (tertiary/aromatic N) is 3. The Kier molecular flexibility index (Phi) is 9.03. The van der Waals surface area contributed by atoms with Crippen LogP contribution in [-0.4, -0.2) is 39.7 Å². The highest BCUT2D eigenvalue weighted by atomic mass is 16.6. The molecule has 37 heavy (non-hydrogen) atoms. The van der Waals surface area contributed by atoms with E-state index in [-0.39, 0.29) is 18.1 Å². The summed E-state index contributed by atoms with van der Waals surface area (Å²) in [5.41, 5.74) is 11.4. The van der Waals surface area contributed by atoms with E-state index in [0.717, 1.165) is 54.4 Å². The number of aliphatic hydroxyl groups is 1. The first-order chi connectivity index (χ1) is 18.0. The van der Waals surface area contributed by atoms with Gasteiger partial charge in [-0.25, -0.2) is 4.98 Å². The van der Waals surface area contributed by atoms with Crippen molar-refractivity contribution >= 4 is 17.5 Å². The monoisotopic (exact) mass is 504 g/mol. The number of hydrogen-bond donors (Lipinski definition) is 4. The molecule has 0 aliphatic heterocycles. The first-order valence-electron chi connectivity index (χ1n) is 13.0. The predicted molar refractivity (Wildman–Crippen MR) is 146 cm³/mol. The second kappa shape index (κ2) is 12.6. The van der Waals surface area contributed by atoms with Crippen molar-refractivity contribution in [3.63, 3.8) is 0 Å². The van der Waals surface area contributed by atoms with Gasteiger partial charge in [0, 0.05) is 19.7 Å². The number of benzene rings is 2. The highest BCUT2D eigenvalue weighted by Crippen LogP contribution is 2.30. The average molecular weight is 505 g/mol. The smallest absolute Gasteiger partial charge is 0.329 e. The Labute approximate surface area is 217 Å². The summed E-state index contributed by atoms with van der Waals surface area (Å²) in [7, 11) is 0. The molecule has 0 radical (unpaired) electrons. The van der Waals surface area contributed by atoms with Gasteiger partial charge in [-0.15, -0.1) is 0 Å². The highest BCUT2D eigenvalue weighted by Gasteiger charge is 2.23. The fraction of sp³-hybridized carbons (Fsp3) is 0.429. The molecule has 5 N–H and O–H groups in total. The van der Waals surface area contributed by atoms with E-state index >= 15 is 0 Å². The lowest BCUT2D eigenvalue weighted by Gasteiger charge is -2.27. The van der Waals surface area contributed by atoms with E-state index in [4.69, 9.17) is 5.73 Å². The van der Waals surface area contributed by atoms with Gasteiger partial charge in [0.25, 0.3) is 0 Å². The molecule has 1 saturated carbocycles. The molecule has 2 aromatic carbocycles. The van der Waals surface area contributed by atoms with Gasteiger partial charge >= 0.3 is 5.69 Å². The largest absolute Gasteiger partial charge is 0.396 e. The van der Waals surface area contributed by atoms with Crippen LogP contribution in [0.3, 0.4) is 0 Å². The van der Waals surface area contributed by atoms with Crippen LogP contribution in [0.1, 0.15) is 42.4 Å². The zero-order valence-electron chi connectivity index (χ0n) is 21.3. The minimum Gasteiger partial charge on any atom is -0.396 e. The van der Waals surface area contributed by atoms with Crippen LogP contribution in [0, 0.1) is 28.9 Å². The van der Waals surface area contributed by atoms with E-state index in [1.165, 1.54) is 11.8 Å². The Morgan fingerprint density at radius 1 is 1.11 bits per heavy atom. The molecule has 3 aromatic rings. The van der Waals surface area contributed by atoms with Crippen molar-refractivity contribution in [3.05, 3.63) is 75.5 Å². The minimum absolute atomic E-state index is 0.134. The number of anilines is 2. The van der Waals surface area contributed by atoms with Gasteiger partial charge in [-0.05, 0) is 85.2 Å². The van der Waals surface area contributed by atoms with Crippen LogP contribution in [0.25, 0.3) is 11.1 Å². The van der Waals surface area contributed by atoms with Gasteiger partial charge < -0.3 is 21.5 Å². The molecule has 1 aliphatic rings. The summed E-state index contributed by atoms with van der Waals surface area (Å²) in [6.07, 6.45) is 6.05. The third-order valence-electron chi connectivity index (χ3n) is 7.30. The third kappa shape index (κ3) is 6.81. The number of nitrogens with one attached hydrogen (secondary N) is 2. The number of hydrogen-bond acceptors (Lipinski definition) is 8. The van der Waals surface area contributed by atoms with Crippen molar-refractivity contribution in [2.75, 3.05) is 30.3 Å². The van der Waals surface area contributed by atoms with Crippen LogP contribution in [0.2, 0.25) is 0 Å². The number of nitro groups is 1. The van der Waals surface area contributed by atoms with Crippen molar-refractivity contribution in [3.8, 4) is 11.1 Å². The topological polar surface area (TPSA) is 139 Å². The van der Waals surface area contributed by atoms with Crippen LogP contribution in [0.15, 0.2) is 48.7 Å². The Morgan fingerprint density at radius 2 is 1.86 bits per heavy atom. The van der Waals surface area contributed by atoms with E-state index in [1.807, 2.05) is 6.07 Å². The minimum atomic E-state index is -0.457. The van der Waals surface area contributed by atoms with Crippen LogP contribution in [0.5, 0.6) is 0 Å². The maximum atomic E-state index is 11.6. The second-order valence-corrected chi connectivity index (χ2v) is 9.82. The maximum absolute atomic E-state index is 11.6. The lowest BCUT2D eigenvalue weighted by Crippen LogP contribution is -2.23. The van der Waals surface area contributed by atoms with Gasteiger partial charge in [0.2, 0.25) is 11.8 Å². The molecule has 0 spiro atoms. The van der Waals surface area contributed by atoms with Crippen LogP contribution >= 0.6 is 0 Å². The number of aromatic nitrogens is 2. The van der Waals surface area contributed by atoms with E-state index in [1.54, 1.807) is 0 Å². The van der Waals surface area contributed by atoms with Gasteiger partial charge in [0.05, 0.1) is 4.92 Å². The number of aliphatic hydroxyl groups excluding tert-OH is 1. The molecule has 0 saturated heterocycles. The van der Waals surface area contributed by atoms with Gasteiger partial charge in [-0.3, -0.25) is 10.1 Å². The molecule has 9 heteroatoms. The molecular weight excluding hydrogens is 468 g/mol. The molecule has 0 amide bonds. The normalized spacial score (nSPS) is 17.4. The van der Waals surface area contributed by atoms with Gasteiger partial charge in [-0.1, -0.05) is 42.5 Å². The van der Waals surface area contributed by atoms with Crippen LogP contribution in [0.4, 0.5) is 17.5 Å². The summed E-state index contributed by atoms with van der Waals surface area (Å²) >= 11 is 0. The zero-order chi connectivity index (χ0) is 26.2. The van der Waals surface area contributed by atoms with Crippen molar-refractivity contribution < 1.29 is 10.0 Å². The fourth-order valence-electron chi connectivity index (χ4n) is 5.01. The summed E-state index contributed by atoms with van der Waals surface area (Å²) in [6.45, 7) is 4.04. The maximum Gasteiger partial charge on any atom is 0.329 e. The second-order valence-electron chi connectivity index (χ2n) is 9.82. The summed E-state index contributed by atoms with van der Waals surface area (Å²) in [4.78, 5) is 19.7. The van der Waals surface area contributed by atoms with Gasteiger partial charge in [0.15, 0.2) is 0 Å². The highest BCUT2D eigenvalue weighted by molar-refractivity contribution is 5.69. The van der Waals surface area contributed by atoms with Gasteiger partial charge in [0.1, 0.15) is 6.20 Å². The molecule has 1 aromatic heterocycles. The summed E-state index contributed by atoms with van der Waals surface area (Å²) in [6, 6.07) is 14.6. The molecule has 1 heterocycles. The van der Waals surface area contributed by atoms with Crippen molar-refractivity contribution in [2.45, 2.75) is 45.6 Å². The van der Waals surface area contributed by atoms with Crippen LogP contribution < -0.4 is 16.4 Å². The zero-order valence-corrected chi connectivity index (χ0v) is 21.3. The molecule has 196 valence electrons. The lowest BCUT2D eigenvalue weighted by atomic mass is 9.82. The molecule has 0 bridgehead atoms. The van der Waals surface area contributed by atoms with Crippen molar-refractivity contribution in [1.29, 1.82) is 0 Å². The number of rotatable bonds is 11. The Hall–Kier alpha value is -3.56. The summed E-state index contributed by atoms with van der Waals surface area (Å²) in [5, 5.41) is 27.3. The van der Waals surface area contributed by atoms with Crippen molar-refractivity contribution in [2.24, 2.45) is 17.6 Å². The van der Waals surface area contributed by atoms with Crippen LogP contribution in [-0.2, 0) is 13.0 Å². The first kappa shape index (κ1) is 26.5. The summed E-state index contributed by atoms with van der Waals surface area (Å²) in [5.74, 6) is 1.35. The standard InChI is InChI=1S/C28H36N6O3/c1-19-24(6-3-7-25(19)23-5-2-4-20(14-23)12-13-29)16-31-28-32-17-26(34(36)37)27(33-28)30-15-21-8-10-22(18-35)11-9-21/h2-7,14,17,21-22,35H,8-13,15-16,18,29H2,1H3,(H2,30,31,32,33). The fourth-order valence-corrected chi connectivity index (χ4v) is 5.01. The first-order valence-corrected chi connectivity index (χ1v) is 13.0. The molecule has 9 nitrogen and oxygen atoms in total. The quantitative estimate of drug-likeness (QED) is 0.218. The van der Waals surface area contributed by atoms with Gasteiger partial charge in [-0.2, -0.15) is 4.98 Å². The van der Waals surface area contributed by atoms with E-state index in [9.17, 15) is 15.2 Å². The summed E-state index contributed by atoms with van der Waals surface area (Å²) < 4.78 is 0. The molecule has 1 aliphatic carbocycles. The van der Waals surface area contributed by atoms with E-state index < -0.39 is 4.92 Å². The van der Waals surface area contributed by atoms with E-state index in [2.05, 4.69) is 63.9 Å². The lowest BCUT2D eigenvalue weighted by molar-refractivity contribution is -0.384. The third-order valence-corrected chi connectivity index (χ3v) is 7.30. The molecule has 0 atom stereocenters. The molecular formula is C28H36N6O3. The molecule has 0 unspecified atom stereocenters. The molecule has 1 fully saturated rings. The number of nitrogens with two attached hydrogens (primary N) is 1. The average Bonchev–Trinajstić information content (AvgIpc) is 2.92.